The van der Waals surface area contributed by atoms with E-state index in [0.717, 1.165) is 41.7 Å². The largest absolute Gasteiger partial charge is 0.489 e. The number of nitrogens with zero attached hydrogens (tertiary/aromatic N) is 1. The van der Waals surface area contributed by atoms with Gasteiger partial charge < -0.3 is 19.1 Å². The highest BCUT2D eigenvalue weighted by molar-refractivity contribution is 5.97. The summed E-state index contributed by atoms with van der Waals surface area (Å²) in [6.07, 6.45) is 2.21. The van der Waals surface area contributed by atoms with Crippen LogP contribution in [0.1, 0.15) is 34.3 Å². The SMILES string of the molecule is COCCCC(OC)N1CCc2cc(OCc3ccccc3)ccc2C1=O. The number of amides is 1. The van der Waals surface area contributed by atoms with Crippen LogP contribution in [0.3, 0.4) is 0 Å². The van der Waals surface area contributed by atoms with Crippen LogP contribution in [0, 0.1) is 0 Å². The van der Waals surface area contributed by atoms with Gasteiger partial charge in [-0.15, -0.1) is 0 Å². The van der Waals surface area contributed by atoms with E-state index in [9.17, 15) is 4.79 Å². The van der Waals surface area contributed by atoms with Gasteiger partial charge in [-0.2, -0.15) is 0 Å². The van der Waals surface area contributed by atoms with E-state index in [4.69, 9.17) is 14.2 Å². The van der Waals surface area contributed by atoms with Crippen LogP contribution in [-0.4, -0.2) is 44.4 Å². The van der Waals surface area contributed by atoms with Crippen molar-refractivity contribution in [3.8, 4) is 5.75 Å². The number of methoxy groups -OCH3 is 2. The molecule has 3 rings (SSSR count). The first-order valence-corrected chi connectivity index (χ1v) is 9.35. The van der Waals surface area contributed by atoms with Crippen LogP contribution in [0.2, 0.25) is 0 Å². The van der Waals surface area contributed by atoms with Gasteiger partial charge in [0.15, 0.2) is 0 Å². The van der Waals surface area contributed by atoms with Crippen LogP contribution in [0.25, 0.3) is 0 Å². The maximum absolute atomic E-state index is 12.9. The lowest BCUT2D eigenvalue weighted by atomic mass is 9.98. The lowest BCUT2D eigenvalue weighted by Gasteiger charge is -2.34. The minimum Gasteiger partial charge on any atom is -0.489 e. The topological polar surface area (TPSA) is 48.0 Å². The summed E-state index contributed by atoms with van der Waals surface area (Å²) >= 11 is 0. The fourth-order valence-electron chi connectivity index (χ4n) is 3.39. The molecular weight excluding hydrogens is 342 g/mol. The standard InChI is InChI=1S/C22H27NO4/c1-25-14-6-9-21(26-2)23-13-12-18-15-19(10-11-20(18)22(23)24)27-16-17-7-4-3-5-8-17/h3-5,7-8,10-11,15,21H,6,9,12-14,16H2,1-2H3. The summed E-state index contributed by atoms with van der Waals surface area (Å²) in [6, 6.07) is 15.8. The molecule has 0 radical (unpaired) electrons. The number of benzene rings is 2. The predicted molar refractivity (Wildman–Crippen MR) is 104 cm³/mol. The van der Waals surface area contributed by atoms with Crippen molar-refractivity contribution >= 4 is 5.91 Å². The second kappa shape index (κ2) is 9.53. The Morgan fingerprint density at radius 3 is 2.67 bits per heavy atom. The zero-order valence-electron chi connectivity index (χ0n) is 16.0. The Balaban J connectivity index is 1.65. The molecule has 1 unspecified atom stereocenters. The van der Waals surface area contributed by atoms with Crippen LogP contribution >= 0.6 is 0 Å². The fourth-order valence-corrected chi connectivity index (χ4v) is 3.39. The van der Waals surface area contributed by atoms with Crippen LogP contribution in [0.5, 0.6) is 5.75 Å². The molecule has 0 saturated heterocycles. The van der Waals surface area contributed by atoms with Gasteiger partial charge in [0.2, 0.25) is 0 Å². The van der Waals surface area contributed by atoms with Crippen LogP contribution in [-0.2, 0) is 22.5 Å². The third-order valence-electron chi connectivity index (χ3n) is 4.86. The van der Waals surface area contributed by atoms with E-state index in [1.807, 2.05) is 53.4 Å². The van der Waals surface area contributed by atoms with Crippen molar-refractivity contribution in [3.05, 3.63) is 65.2 Å². The van der Waals surface area contributed by atoms with E-state index < -0.39 is 0 Å². The number of hydrogen-bond donors (Lipinski definition) is 0. The average Bonchev–Trinajstić information content (AvgIpc) is 2.71. The van der Waals surface area contributed by atoms with Gasteiger partial charge in [-0.1, -0.05) is 30.3 Å². The second-order valence-corrected chi connectivity index (χ2v) is 6.67. The van der Waals surface area contributed by atoms with Crippen molar-refractivity contribution in [3.63, 3.8) is 0 Å². The van der Waals surface area contributed by atoms with Crippen molar-refractivity contribution in [2.45, 2.75) is 32.1 Å². The Morgan fingerprint density at radius 2 is 1.93 bits per heavy atom. The highest BCUT2D eigenvalue weighted by atomic mass is 16.5. The third kappa shape index (κ3) is 4.87. The van der Waals surface area contributed by atoms with E-state index in [1.165, 1.54) is 0 Å². The zero-order valence-corrected chi connectivity index (χ0v) is 16.0. The Kier molecular flexibility index (Phi) is 6.85. The van der Waals surface area contributed by atoms with E-state index >= 15 is 0 Å². The minimum atomic E-state index is -0.213. The number of hydrogen-bond acceptors (Lipinski definition) is 4. The normalized spacial score (nSPS) is 14.7. The second-order valence-electron chi connectivity index (χ2n) is 6.67. The molecule has 1 aliphatic heterocycles. The summed E-state index contributed by atoms with van der Waals surface area (Å²) in [4.78, 5) is 14.7. The van der Waals surface area contributed by atoms with Gasteiger partial charge in [-0.25, -0.2) is 0 Å². The molecule has 0 aliphatic carbocycles. The molecule has 2 aromatic carbocycles. The van der Waals surface area contributed by atoms with Crippen molar-refractivity contribution in [1.82, 2.24) is 4.90 Å². The quantitative estimate of drug-likeness (QED) is 0.633. The molecular formula is C22H27NO4. The maximum atomic E-state index is 12.9. The van der Waals surface area contributed by atoms with Crippen molar-refractivity contribution < 1.29 is 19.0 Å². The average molecular weight is 369 g/mol. The zero-order chi connectivity index (χ0) is 19.1. The van der Waals surface area contributed by atoms with Gasteiger partial charge in [0.05, 0.1) is 0 Å². The number of ether oxygens (including phenoxy) is 3. The summed E-state index contributed by atoms with van der Waals surface area (Å²) in [5.41, 5.74) is 2.90. The van der Waals surface area contributed by atoms with E-state index in [2.05, 4.69) is 0 Å². The smallest absolute Gasteiger partial charge is 0.256 e. The molecule has 27 heavy (non-hydrogen) atoms. The molecule has 0 fully saturated rings. The first-order valence-electron chi connectivity index (χ1n) is 9.35. The fraction of sp³-hybridized carbons (Fsp3) is 0.409. The van der Waals surface area contributed by atoms with Gasteiger partial charge in [-0.3, -0.25) is 4.79 Å². The minimum absolute atomic E-state index is 0.0233. The third-order valence-corrected chi connectivity index (χ3v) is 4.86. The van der Waals surface area contributed by atoms with E-state index in [0.29, 0.717) is 19.8 Å². The Labute approximate surface area is 160 Å². The van der Waals surface area contributed by atoms with Gasteiger partial charge in [0.25, 0.3) is 5.91 Å². The van der Waals surface area contributed by atoms with Crippen LogP contribution in [0.15, 0.2) is 48.5 Å². The lowest BCUT2D eigenvalue weighted by Crippen LogP contribution is -2.45. The number of carbonyl (C=O) groups excluding carboxylic acids is 1. The molecule has 0 bridgehead atoms. The molecule has 0 spiro atoms. The van der Waals surface area contributed by atoms with Gasteiger partial charge >= 0.3 is 0 Å². The molecule has 2 aromatic rings. The Hall–Kier alpha value is -2.37. The molecule has 144 valence electrons. The summed E-state index contributed by atoms with van der Waals surface area (Å²) in [6.45, 7) is 1.84. The lowest BCUT2D eigenvalue weighted by molar-refractivity contribution is -0.0301. The highest BCUT2D eigenvalue weighted by Gasteiger charge is 2.30. The van der Waals surface area contributed by atoms with Crippen molar-refractivity contribution in [2.24, 2.45) is 0 Å². The van der Waals surface area contributed by atoms with Gasteiger partial charge in [0, 0.05) is 32.9 Å². The summed E-state index contributed by atoms with van der Waals surface area (Å²) in [7, 11) is 3.34. The monoisotopic (exact) mass is 369 g/mol. The first-order chi connectivity index (χ1) is 13.2. The predicted octanol–water partition coefficient (Wildman–Crippen LogP) is 3.66. The molecule has 5 heteroatoms. The molecule has 1 heterocycles. The van der Waals surface area contributed by atoms with Crippen LogP contribution < -0.4 is 4.74 Å². The highest BCUT2D eigenvalue weighted by Crippen LogP contribution is 2.26. The van der Waals surface area contributed by atoms with Gasteiger partial charge in [0.1, 0.15) is 18.6 Å². The Bertz CT molecular complexity index is 747. The number of carbonyl (C=O) groups is 1. The molecule has 1 amide bonds. The summed E-state index contributed by atoms with van der Waals surface area (Å²) in [5.74, 6) is 0.817. The van der Waals surface area contributed by atoms with Gasteiger partial charge in [-0.05, 0) is 48.6 Å². The summed E-state index contributed by atoms with van der Waals surface area (Å²) < 4.78 is 16.6. The molecule has 5 nitrogen and oxygen atoms in total. The molecule has 0 saturated carbocycles. The first kappa shape index (κ1) is 19.4. The van der Waals surface area contributed by atoms with E-state index in [-0.39, 0.29) is 12.1 Å². The molecule has 0 N–H and O–H groups in total. The number of fused-ring (bicyclic) bond motifs is 1. The molecule has 1 atom stereocenters. The molecule has 1 aliphatic rings. The molecule has 0 aromatic heterocycles. The van der Waals surface area contributed by atoms with Crippen LogP contribution in [0.4, 0.5) is 0 Å². The van der Waals surface area contributed by atoms with Crippen molar-refractivity contribution in [2.75, 3.05) is 27.4 Å². The Morgan fingerprint density at radius 1 is 1.11 bits per heavy atom. The van der Waals surface area contributed by atoms with E-state index in [1.54, 1.807) is 14.2 Å². The maximum Gasteiger partial charge on any atom is 0.256 e. The summed E-state index contributed by atoms with van der Waals surface area (Å²) in [5, 5.41) is 0. The number of rotatable bonds is 9. The van der Waals surface area contributed by atoms with Crippen molar-refractivity contribution in [1.29, 1.82) is 0 Å².